The number of ether oxygens (including phenoxy) is 2. The van der Waals surface area contributed by atoms with Gasteiger partial charge in [-0.3, -0.25) is 9.79 Å². The molecule has 1 aliphatic heterocycles. The summed E-state index contributed by atoms with van der Waals surface area (Å²) in [6.45, 7) is 15.7. The minimum Gasteiger partial charge on any atom is -0.478 e. The molecule has 5 unspecified atom stereocenters. The van der Waals surface area contributed by atoms with Gasteiger partial charge in [0.15, 0.2) is 5.78 Å². The highest BCUT2D eigenvalue weighted by Gasteiger charge is 2.39. The third-order valence-corrected chi connectivity index (χ3v) is 9.81. The summed E-state index contributed by atoms with van der Waals surface area (Å²) in [4.78, 5) is 31.5. The molecule has 7 nitrogen and oxygen atoms in total. The number of carbonyl (C=O) groups is 2. The van der Waals surface area contributed by atoms with Crippen LogP contribution in [0.1, 0.15) is 117 Å². The highest BCUT2D eigenvalue weighted by Crippen LogP contribution is 2.50. The molecule has 2 aromatic carbocycles. The van der Waals surface area contributed by atoms with Gasteiger partial charge in [0.1, 0.15) is 11.5 Å². The van der Waals surface area contributed by atoms with E-state index in [1.807, 2.05) is 45.0 Å². The van der Waals surface area contributed by atoms with Crippen molar-refractivity contribution in [3.63, 3.8) is 0 Å². The number of carboxylic acids is 1. The van der Waals surface area contributed by atoms with Crippen molar-refractivity contribution in [3.8, 4) is 5.75 Å². The number of anilines is 1. The van der Waals surface area contributed by atoms with E-state index in [-0.39, 0.29) is 47.2 Å². The first-order chi connectivity index (χ1) is 23.0. The Morgan fingerprint density at radius 1 is 1.06 bits per heavy atom. The number of aryl methyl sites for hydroxylation is 1. The fourth-order valence-corrected chi connectivity index (χ4v) is 7.52. The second kappa shape index (κ2) is 15.5. The van der Waals surface area contributed by atoms with E-state index in [1.165, 1.54) is 0 Å². The number of ketones is 1. The average Bonchev–Trinajstić information content (AvgIpc) is 3.03. The zero-order valence-electron chi connectivity index (χ0n) is 29.6. The molecule has 0 radical (unpaired) electrons. The SMILES string of the molecule is CCN=C1C=C2Oc3cc(NCC)c(C)cc3C(c3ccc(C(=O)C(C)CC4/C=C/CCC(OC(C)C)CC4)cc3C(=O)O)C2C=C1C. The zero-order valence-corrected chi connectivity index (χ0v) is 29.6. The Balaban J connectivity index is 1.48. The van der Waals surface area contributed by atoms with Crippen LogP contribution in [0.15, 0.2) is 71.0 Å². The van der Waals surface area contributed by atoms with E-state index < -0.39 is 5.97 Å². The van der Waals surface area contributed by atoms with E-state index in [0.29, 0.717) is 23.4 Å². The van der Waals surface area contributed by atoms with Gasteiger partial charge in [0, 0.05) is 59.8 Å². The van der Waals surface area contributed by atoms with Gasteiger partial charge < -0.3 is 19.9 Å². The van der Waals surface area contributed by atoms with Crippen LogP contribution in [0, 0.1) is 24.7 Å². The molecule has 2 aromatic rings. The first kappa shape index (κ1) is 35.3. The lowest BCUT2D eigenvalue weighted by Gasteiger charge is -2.37. The monoisotopic (exact) mass is 652 g/mol. The van der Waals surface area contributed by atoms with E-state index in [2.05, 4.69) is 62.3 Å². The first-order valence-electron chi connectivity index (χ1n) is 17.7. The summed E-state index contributed by atoms with van der Waals surface area (Å²) in [7, 11) is 0. The maximum atomic E-state index is 13.9. The summed E-state index contributed by atoms with van der Waals surface area (Å²) in [6.07, 6.45) is 13.7. The number of rotatable bonds is 11. The molecule has 1 heterocycles. The lowest BCUT2D eigenvalue weighted by atomic mass is 9.72. The number of aromatic carboxylic acids is 1. The van der Waals surface area contributed by atoms with Crippen LogP contribution in [-0.2, 0) is 4.74 Å². The number of hydrogen-bond acceptors (Lipinski definition) is 6. The van der Waals surface area contributed by atoms with E-state index in [0.717, 1.165) is 72.5 Å². The van der Waals surface area contributed by atoms with Gasteiger partial charge in [-0.25, -0.2) is 4.79 Å². The summed E-state index contributed by atoms with van der Waals surface area (Å²) >= 11 is 0. The number of nitrogens with zero attached hydrogens (tertiary/aromatic N) is 1. The third kappa shape index (κ3) is 7.84. The Morgan fingerprint density at radius 2 is 1.85 bits per heavy atom. The number of hydrogen-bond donors (Lipinski definition) is 2. The number of benzene rings is 2. The second-order valence-electron chi connectivity index (χ2n) is 13.9. The standard InChI is InChI=1S/C41H52N2O5/c1-8-42-35-22-37-33(19-25(35)5)39(34-20-26(6)36(43-9-2)23-38(34)48-37)31-17-15-29(21-32(31)41(45)46)40(44)27(7)18-28-12-10-11-13-30(16-14-28)47-24(3)4/h10,12,15,17,19-24,27-28,30,33,39,43H,8-9,11,13-14,16,18H2,1-7H3,(H,45,46)/b12-10+,42-35?. The van der Waals surface area contributed by atoms with Crippen molar-refractivity contribution in [2.24, 2.45) is 22.7 Å². The summed E-state index contributed by atoms with van der Waals surface area (Å²) < 4.78 is 12.7. The maximum absolute atomic E-state index is 13.9. The number of carboxylic acid groups (broad SMARTS) is 1. The Kier molecular flexibility index (Phi) is 11.4. The van der Waals surface area contributed by atoms with Gasteiger partial charge in [-0.05, 0) is 108 Å². The van der Waals surface area contributed by atoms with Crippen molar-refractivity contribution in [2.45, 2.75) is 98.7 Å². The van der Waals surface area contributed by atoms with Crippen LogP contribution >= 0.6 is 0 Å². The number of nitrogens with one attached hydrogen (secondary N) is 1. The minimum absolute atomic E-state index is 0.0256. The molecule has 0 bridgehead atoms. The van der Waals surface area contributed by atoms with E-state index in [9.17, 15) is 14.7 Å². The van der Waals surface area contributed by atoms with Gasteiger partial charge in [0.25, 0.3) is 0 Å². The van der Waals surface area contributed by atoms with Crippen LogP contribution in [0.2, 0.25) is 0 Å². The molecule has 0 saturated heterocycles. The van der Waals surface area contributed by atoms with E-state index in [4.69, 9.17) is 9.47 Å². The van der Waals surface area contributed by atoms with Gasteiger partial charge >= 0.3 is 5.97 Å². The van der Waals surface area contributed by atoms with Crippen LogP contribution in [0.25, 0.3) is 0 Å². The summed E-state index contributed by atoms with van der Waals surface area (Å²) in [5.41, 5.74) is 6.14. The summed E-state index contributed by atoms with van der Waals surface area (Å²) in [6, 6.07) is 9.40. The molecule has 7 heteroatoms. The molecule has 0 aromatic heterocycles. The molecule has 0 saturated carbocycles. The van der Waals surface area contributed by atoms with Crippen LogP contribution in [0.5, 0.6) is 5.75 Å². The zero-order chi connectivity index (χ0) is 34.5. The topological polar surface area (TPSA) is 97.2 Å². The third-order valence-electron chi connectivity index (χ3n) is 9.81. The smallest absolute Gasteiger partial charge is 0.336 e. The molecular formula is C41H52N2O5. The second-order valence-corrected chi connectivity index (χ2v) is 13.9. The van der Waals surface area contributed by atoms with Gasteiger partial charge in [0.05, 0.1) is 23.5 Å². The van der Waals surface area contributed by atoms with Gasteiger partial charge in [0.2, 0.25) is 0 Å². The van der Waals surface area contributed by atoms with E-state index in [1.54, 1.807) is 6.07 Å². The maximum Gasteiger partial charge on any atom is 0.336 e. The molecule has 0 fully saturated rings. The Morgan fingerprint density at radius 3 is 2.56 bits per heavy atom. The van der Waals surface area contributed by atoms with Crippen LogP contribution in [0.3, 0.4) is 0 Å². The number of aliphatic imine (C=N–C) groups is 1. The molecule has 5 rings (SSSR count). The Hall–Kier alpha value is -3.97. The van der Waals surface area contributed by atoms with Gasteiger partial charge in [-0.15, -0.1) is 0 Å². The van der Waals surface area contributed by atoms with Crippen LogP contribution in [0.4, 0.5) is 5.69 Å². The quantitative estimate of drug-likeness (QED) is 0.186. The molecule has 5 atom stereocenters. The average molecular weight is 653 g/mol. The molecule has 48 heavy (non-hydrogen) atoms. The molecule has 256 valence electrons. The molecular weight excluding hydrogens is 600 g/mol. The number of fused-ring (bicyclic) bond motifs is 2. The Labute approximate surface area is 286 Å². The normalized spacial score (nSPS) is 24.3. The Bertz CT molecular complexity index is 1650. The lowest BCUT2D eigenvalue weighted by Crippen LogP contribution is -2.29. The van der Waals surface area contributed by atoms with Gasteiger partial charge in [-0.1, -0.05) is 37.3 Å². The van der Waals surface area contributed by atoms with Crippen molar-refractivity contribution in [2.75, 3.05) is 18.4 Å². The van der Waals surface area contributed by atoms with Crippen molar-refractivity contribution in [1.29, 1.82) is 0 Å². The lowest BCUT2D eigenvalue weighted by molar-refractivity contribution is -0.00427. The molecule has 2 aliphatic carbocycles. The van der Waals surface area contributed by atoms with Crippen molar-refractivity contribution in [3.05, 3.63) is 93.8 Å². The summed E-state index contributed by atoms with van der Waals surface area (Å²) in [5.74, 6) is -0.129. The van der Waals surface area contributed by atoms with Gasteiger partial charge in [-0.2, -0.15) is 0 Å². The molecule has 2 N–H and O–H groups in total. The van der Waals surface area contributed by atoms with E-state index >= 15 is 0 Å². The van der Waals surface area contributed by atoms with Crippen LogP contribution in [-0.4, -0.2) is 47.9 Å². The summed E-state index contributed by atoms with van der Waals surface area (Å²) in [5, 5.41) is 14.0. The minimum atomic E-state index is -1.05. The van der Waals surface area contributed by atoms with Crippen molar-refractivity contribution < 1.29 is 24.2 Å². The fraction of sp³-hybridized carbons (Fsp3) is 0.488. The predicted molar refractivity (Wildman–Crippen MR) is 194 cm³/mol. The highest BCUT2D eigenvalue weighted by molar-refractivity contribution is 6.09. The first-order valence-corrected chi connectivity index (χ1v) is 17.7. The number of carbonyl (C=O) groups excluding carboxylic acids is 1. The molecule has 3 aliphatic rings. The molecule has 0 amide bonds. The fourth-order valence-electron chi connectivity index (χ4n) is 7.52. The number of allylic oxidation sites excluding steroid dienone is 5. The number of Topliss-reactive ketones (excluding diaryl/α,β-unsaturated/α-hetero) is 1. The largest absolute Gasteiger partial charge is 0.478 e. The predicted octanol–water partition coefficient (Wildman–Crippen LogP) is 9.32. The van der Waals surface area contributed by atoms with Crippen molar-refractivity contribution in [1.82, 2.24) is 0 Å². The highest BCUT2D eigenvalue weighted by atomic mass is 16.5. The van der Waals surface area contributed by atoms with Crippen molar-refractivity contribution >= 4 is 23.2 Å². The van der Waals surface area contributed by atoms with Crippen LogP contribution < -0.4 is 10.1 Å². The molecule has 0 spiro atoms.